The van der Waals surface area contributed by atoms with Gasteiger partial charge in [0.2, 0.25) is 0 Å². The third-order valence-electron chi connectivity index (χ3n) is 3.24. The van der Waals surface area contributed by atoms with E-state index in [1.165, 1.54) is 24.0 Å². The topological polar surface area (TPSA) is 24.1 Å². The van der Waals surface area contributed by atoms with Gasteiger partial charge in [0, 0.05) is 30.2 Å². The molecule has 2 nitrogen and oxygen atoms in total. The van der Waals surface area contributed by atoms with Crippen molar-refractivity contribution in [1.82, 2.24) is 10.6 Å². The SMILES string of the molecule is Cc1ccc(Cl)cc1CNC(C)CNC1CC1. The Balaban J connectivity index is 1.77. The summed E-state index contributed by atoms with van der Waals surface area (Å²) < 4.78 is 0. The summed E-state index contributed by atoms with van der Waals surface area (Å²) in [6.45, 7) is 6.28. The van der Waals surface area contributed by atoms with E-state index in [-0.39, 0.29) is 0 Å². The first-order valence-electron chi connectivity index (χ1n) is 6.37. The van der Waals surface area contributed by atoms with E-state index in [1.807, 2.05) is 12.1 Å². The van der Waals surface area contributed by atoms with Crippen LogP contribution in [0.1, 0.15) is 30.9 Å². The molecule has 0 aromatic heterocycles. The standard InChI is InChI=1S/C14H21ClN2/c1-10-3-4-13(15)7-12(10)9-16-11(2)8-17-14-5-6-14/h3-4,7,11,14,16-17H,5-6,8-9H2,1-2H3. The Labute approximate surface area is 109 Å². The van der Waals surface area contributed by atoms with E-state index < -0.39 is 0 Å². The first kappa shape index (κ1) is 12.9. The third kappa shape index (κ3) is 4.30. The van der Waals surface area contributed by atoms with Crippen LogP contribution in [0, 0.1) is 6.92 Å². The zero-order chi connectivity index (χ0) is 12.3. The molecule has 17 heavy (non-hydrogen) atoms. The Hall–Kier alpha value is -0.570. The summed E-state index contributed by atoms with van der Waals surface area (Å²) in [4.78, 5) is 0. The van der Waals surface area contributed by atoms with Gasteiger partial charge in [-0.1, -0.05) is 17.7 Å². The largest absolute Gasteiger partial charge is 0.312 e. The van der Waals surface area contributed by atoms with Crippen molar-refractivity contribution in [2.24, 2.45) is 0 Å². The van der Waals surface area contributed by atoms with Crippen molar-refractivity contribution in [2.75, 3.05) is 6.54 Å². The van der Waals surface area contributed by atoms with E-state index in [2.05, 4.69) is 30.5 Å². The highest BCUT2D eigenvalue weighted by Gasteiger charge is 2.20. The molecule has 2 N–H and O–H groups in total. The van der Waals surface area contributed by atoms with Crippen molar-refractivity contribution in [3.63, 3.8) is 0 Å². The first-order chi connectivity index (χ1) is 8.15. The van der Waals surface area contributed by atoms with E-state index >= 15 is 0 Å². The molecule has 1 unspecified atom stereocenters. The summed E-state index contributed by atoms with van der Waals surface area (Å²) in [5, 5.41) is 7.87. The Morgan fingerprint density at radius 2 is 2.18 bits per heavy atom. The van der Waals surface area contributed by atoms with Crippen LogP contribution in [-0.4, -0.2) is 18.6 Å². The van der Waals surface area contributed by atoms with Crippen molar-refractivity contribution >= 4 is 11.6 Å². The zero-order valence-corrected chi connectivity index (χ0v) is 11.3. The second-order valence-corrected chi connectivity index (χ2v) is 5.47. The van der Waals surface area contributed by atoms with Gasteiger partial charge in [-0.15, -0.1) is 0 Å². The molecular weight excluding hydrogens is 232 g/mol. The molecule has 1 aromatic rings. The highest BCUT2D eigenvalue weighted by atomic mass is 35.5. The van der Waals surface area contributed by atoms with Crippen LogP contribution >= 0.6 is 11.6 Å². The lowest BCUT2D eigenvalue weighted by atomic mass is 10.1. The predicted molar refractivity (Wildman–Crippen MR) is 73.5 cm³/mol. The molecule has 1 aliphatic rings. The van der Waals surface area contributed by atoms with E-state index in [0.29, 0.717) is 6.04 Å². The summed E-state index contributed by atoms with van der Waals surface area (Å²) in [6, 6.07) is 7.34. The lowest BCUT2D eigenvalue weighted by Crippen LogP contribution is -2.36. The highest BCUT2D eigenvalue weighted by molar-refractivity contribution is 6.30. The van der Waals surface area contributed by atoms with Crippen molar-refractivity contribution < 1.29 is 0 Å². The Kier molecular flexibility index (Phi) is 4.43. The fraction of sp³-hybridized carbons (Fsp3) is 0.571. The van der Waals surface area contributed by atoms with Crippen molar-refractivity contribution in [2.45, 2.75) is 45.3 Å². The van der Waals surface area contributed by atoms with Crippen LogP contribution in [0.25, 0.3) is 0 Å². The molecular formula is C14H21ClN2. The van der Waals surface area contributed by atoms with Crippen LogP contribution in [0.15, 0.2) is 18.2 Å². The fourth-order valence-corrected chi connectivity index (χ4v) is 2.01. The molecule has 0 amide bonds. The number of rotatable bonds is 6. The molecule has 0 radical (unpaired) electrons. The van der Waals surface area contributed by atoms with Gasteiger partial charge in [-0.25, -0.2) is 0 Å². The number of halogens is 1. The van der Waals surface area contributed by atoms with Gasteiger partial charge in [0.05, 0.1) is 0 Å². The van der Waals surface area contributed by atoms with Crippen molar-refractivity contribution in [3.8, 4) is 0 Å². The van der Waals surface area contributed by atoms with E-state index in [1.54, 1.807) is 0 Å². The zero-order valence-electron chi connectivity index (χ0n) is 10.6. The van der Waals surface area contributed by atoms with Gasteiger partial charge < -0.3 is 10.6 Å². The third-order valence-corrected chi connectivity index (χ3v) is 3.48. The van der Waals surface area contributed by atoms with Gasteiger partial charge in [0.1, 0.15) is 0 Å². The molecule has 0 aliphatic heterocycles. The first-order valence-corrected chi connectivity index (χ1v) is 6.75. The quantitative estimate of drug-likeness (QED) is 0.814. The summed E-state index contributed by atoms with van der Waals surface area (Å²) in [5.74, 6) is 0. The molecule has 1 aromatic carbocycles. The van der Waals surface area contributed by atoms with Crippen LogP contribution < -0.4 is 10.6 Å². The minimum atomic E-state index is 0.494. The van der Waals surface area contributed by atoms with Gasteiger partial charge >= 0.3 is 0 Å². The molecule has 1 atom stereocenters. The molecule has 1 aliphatic carbocycles. The maximum atomic E-state index is 6.00. The number of aryl methyl sites for hydroxylation is 1. The summed E-state index contributed by atoms with van der Waals surface area (Å²) in [5.41, 5.74) is 2.58. The van der Waals surface area contributed by atoms with Gasteiger partial charge in [0.25, 0.3) is 0 Å². The van der Waals surface area contributed by atoms with E-state index in [9.17, 15) is 0 Å². The van der Waals surface area contributed by atoms with Gasteiger partial charge in [0.15, 0.2) is 0 Å². The Bertz CT molecular complexity index is 374. The molecule has 1 fully saturated rings. The van der Waals surface area contributed by atoms with Crippen LogP contribution in [-0.2, 0) is 6.54 Å². The average Bonchev–Trinajstić information content (AvgIpc) is 3.11. The number of hydrogen-bond acceptors (Lipinski definition) is 2. The normalized spacial score (nSPS) is 17.1. The molecule has 0 heterocycles. The van der Waals surface area contributed by atoms with Crippen LogP contribution in [0.5, 0.6) is 0 Å². The summed E-state index contributed by atoms with van der Waals surface area (Å²) >= 11 is 6.00. The van der Waals surface area contributed by atoms with Gasteiger partial charge in [-0.05, 0) is 49.9 Å². The van der Waals surface area contributed by atoms with E-state index in [4.69, 9.17) is 11.6 Å². The smallest absolute Gasteiger partial charge is 0.0409 e. The van der Waals surface area contributed by atoms with Gasteiger partial charge in [-0.2, -0.15) is 0 Å². The van der Waals surface area contributed by atoms with Crippen LogP contribution in [0.3, 0.4) is 0 Å². The van der Waals surface area contributed by atoms with Gasteiger partial charge in [-0.3, -0.25) is 0 Å². The fourth-order valence-electron chi connectivity index (χ4n) is 1.82. The minimum absolute atomic E-state index is 0.494. The summed E-state index contributed by atoms with van der Waals surface area (Å²) in [6.07, 6.45) is 2.69. The highest BCUT2D eigenvalue weighted by Crippen LogP contribution is 2.18. The predicted octanol–water partition coefficient (Wildman–Crippen LogP) is 2.88. The molecule has 3 heteroatoms. The molecule has 2 rings (SSSR count). The maximum absolute atomic E-state index is 6.00. The molecule has 94 valence electrons. The second-order valence-electron chi connectivity index (χ2n) is 5.04. The number of benzene rings is 1. The van der Waals surface area contributed by atoms with Crippen molar-refractivity contribution in [1.29, 1.82) is 0 Å². The molecule has 1 saturated carbocycles. The average molecular weight is 253 g/mol. The molecule has 0 saturated heterocycles. The lowest BCUT2D eigenvalue weighted by Gasteiger charge is -2.15. The maximum Gasteiger partial charge on any atom is 0.0409 e. The Morgan fingerprint density at radius 1 is 1.41 bits per heavy atom. The monoisotopic (exact) mass is 252 g/mol. The van der Waals surface area contributed by atoms with Crippen LogP contribution in [0.4, 0.5) is 0 Å². The van der Waals surface area contributed by atoms with Crippen molar-refractivity contribution in [3.05, 3.63) is 34.3 Å². The molecule has 0 bridgehead atoms. The Morgan fingerprint density at radius 3 is 2.88 bits per heavy atom. The lowest BCUT2D eigenvalue weighted by molar-refractivity contribution is 0.499. The minimum Gasteiger partial charge on any atom is -0.312 e. The number of hydrogen-bond donors (Lipinski definition) is 2. The van der Waals surface area contributed by atoms with Crippen LogP contribution in [0.2, 0.25) is 5.02 Å². The molecule has 0 spiro atoms. The summed E-state index contributed by atoms with van der Waals surface area (Å²) in [7, 11) is 0. The van der Waals surface area contributed by atoms with E-state index in [0.717, 1.165) is 24.2 Å². The number of nitrogens with one attached hydrogen (secondary N) is 2. The second kappa shape index (κ2) is 5.85.